The molecule has 174 valence electrons. The number of hydrogen-bond acceptors (Lipinski definition) is 6. The van der Waals surface area contributed by atoms with Gasteiger partial charge in [-0.05, 0) is 24.3 Å². The first-order valence-electron chi connectivity index (χ1n) is 10.5. The van der Waals surface area contributed by atoms with Gasteiger partial charge < -0.3 is 14.2 Å². The summed E-state index contributed by atoms with van der Waals surface area (Å²) >= 11 is 0. The highest BCUT2D eigenvalue weighted by atomic mass is 16.5. The van der Waals surface area contributed by atoms with E-state index in [1.165, 1.54) is 40.5 Å². The number of nitrogens with zero attached hydrogens (tertiary/aromatic N) is 5. The molecule has 10 heteroatoms. The Labute approximate surface area is 194 Å². The number of para-hydroxylation sites is 1. The Hall–Kier alpha value is -4.47. The van der Waals surface area contributed by atoms with Gasteiger partial charge in [0.1, 0.15) is 6.61 Å². The van der Waals surface area contributed by atoms with Gasteiger partial charge >= 0.3 is 11.7 Å². The second kappa shape index (κ2) is 9.18. The molecule has 2 aromatic carbocycles. The minimum Gasteiger partial charge on any atom is -0.460 e. The van der Waals surface area contributed by atoms with Gasteiger partial charge in [0.05, 0.1) is 24.0 Å². The number of ether oxygens (including phenoxy) is 1. The lowest BCUT2D eigenvalue weighted by molar-refractivity contribution is 0.0489. The van der Waals surface area contributed by atoms with E-state index in [1.807, 2.05) is 18.2 Å². The van der Waals surface area contributed by atoms with Gasteiger partial charge in [-0.15, -0.1) is 0 Å². The fraction of sp³-hybridized carbons (Fsp3) is 0.208. The number of esters is 1. The van der Waals surface area contributed by atoms with E-state index in [9.17, 15) is 19.2 Å². The lowest BCUT2D eigenvalue weighted by Crippen LogP contribution is -2.37. The van der Waals surface area contributed by atoms with Crippen molar-refractivity contribution >= 4 is 28.7 Å². The zero-order valence-electron chi connectivity index (χ0n) is 19.0. The lowest BCUT2D eigenvalue weighted by atomic mass is 10.1. The number of aromatic nitrogens is 4. The third-order valence-electron chi connectivity index (χ3n) is 5.61. The Bertz CT molecular complexity index is 1500. The van der Waals surface area contributed by atoms with E-state index in [0.29, 0.717) is 5.69 Å². The maximum atomic E-state index is 13.0. The molecule has 0 N–H and O–H groups in total. The fourth-order valence-electron chi connectivity index (χ4n) is 3.68. The van der Waals surface area contributed by atoms with Crippen molar-refractivity contribution in [2.75, 3.05) is 18.6 Å². The number of carbonyl (C=O) groups is 2. The Balaban J connectivity index is 1.52. The standard InChI is InChI=1S/C24H23N5O5/c1-26(16-9-5-4-6-10-16)21(30)17-11-7-8-12-18(17)23(32)34-14-13-29-15-25-20-19(29)22(31)28(3)24(33)27(20)2/h4-12,15H,13-14H2,1-3H3. The fourth-order valence-corrected chi connectivity index (χ4v) is 3.68. The number of amides is 1. The van der Waals surface area contributed by atoms with Crippen molar-refractivity contribution in [2.45, 2.75) is 6.54 Å². The predicted octanol–water partition coefficient (Wildman–Crippen LogP) is 1.57. The van der Waals surface area contributed by atoms with Crippen molar-refractivity contribution in [1.82, 2.24) is 18.7 Å². The van der Waals surface area contributed by atoms with E-state index >= 15 is 0 Å². The maximum Gasteiger partial charge on any atom is 0.339 e. The molecular weight excluding hydrogens is 438 g/mol. The van der Waals surface area contributed by atoms with Gasteiger partial charge in [0.15, 0.2) is 11.2 Å². The topological polar surface area (TPSA) is 108 Å². The summed E-state index contributed by atoms with van der Waals surface area (Å²) in [6.45, 7) is 0.0864. The van der Waals surface area contributed by atoms with Crippen molar-refractivity contribution < 1.29 is 14.3 Å². The van der Waals surface area contributed by atoms with Crippen LogP contribution in [0.3, 0.4) is 0 Å². The second-order valence-corrected chi connectivity index (χ2v) is 7.70. The molecular formula is C24H23N5O5. The van der Waals surface area contributed by atoms with E-state index in [4.69, 9.17) is 4.74 Å². The molecule has 1 amide bonds. The normalized spacial score (nSPS) is 10.9. The van der Waals surface area contributed by atoms with E-state index in [2.05, 4.69) is 4.98 Å². The number of rotatable bonds is 6. The minimum absolute atomic E-state index is 0.0622. The summed E-state index contributed by atoms with van der Waals surface area (Å²) in [5.41, 5.74) is 0.580. The van der Waals surface area contributed by atoms with Crippen LogP contribution in [0.4, 0.5) is 5.69 Å². The predicted molar refractivity (Wildman–Crippen MR) is 126 cm³/mol. The van der Waals surface area contributed by atoms with Crippen molar-refractivity contribution in [3.05, 3.63) is 92.9 Å². The monoisotopic (exact) mass is 461 g/mol. The van der Waals surface area contributed by atoms with E-state index in [1.54, 1.807) is 37.4 Å². The summed E-state index contributed by atoms with van der Waals surface area (Å²) in [5.74, 6) is -1.00. The van der Waals surface area contributed by atoms with Crippen molar-refractivity contribution in [1.29, 1.82) is 0 Å². The van der Waals surface area contributed by atoms with Crippen LogP contribution in [-0.2, 0) is 25.4 Å². The zero-order chi connectivity index (χ0) is 24.4. The molecule has 2 aromatic heterocycles. The van der Waals surface area contributed by atoms with Crippen LogP contribution in [-0.4, -0.2) is 44.2 Å². The van der Waals surface area contributed by atoms with Gasteiger partial charge in [0.25, 0.3) is 11.5 Å². The highest BCUT2D eigenvalue weighted by Gasteiger charge is 2.22. The molecule has 0 bridgehead atoms. The first kappa shape index (κ1) is 22.7. The van der Waals surface area contributed by atoms with Crippen LogP contribution in [0.5, 0.6) is 0 Å². The molecule has 0 unspecified atom stereocenters. The number of benzene rings is 2. The third kappa shape index (κ3) is 4.01. The third-order valence-corrected chi connectivity index (χ3v) is 5.61. The minimum atomic E-state index is -0.657. The number of aryl methyl sites for hydroxylation is 1. The summed E-state index contributed by atoms with van der Waals surface area (Å²) < 4.78 is 9.23. The molecule has 0 atom stereocenters. The van der Waals surface area contributed by atoms with E-state index < -0.39 is 17.2 Å². The van der Waals surface area contributed by atoms with Crippen LogP contribution in [0, 0.1) is 0 Å². The zero-order valence-corrected chi connectivity index (χ0v) is 19.0. The number of anilines is 1. The first-order chi connectivity index (χ1) is 16.3. The Kier molecular flexibility index (Phi) is 6.13. The molecule has 0 aliphatic rings. The van der Waals surface area contributed by atoms with E-state index in [-0.39, 0.29) is 41.3 Å². The van der Waals surface area contributed by atoms with Crippen molar-refractivity contribution in [3.63, 3.8) is 0 Å². The molecule has 0 aliphatic heterocycles. The molecule has 0 saturated carbocycles. The van der Waals surface area contributed by atoms with Crippen LogP contribution in [0.25, 0.3) is 11.2 Å². The van der Waals surface area contributed by atoms with Gasteiger partial charge in [-0.2, -0.15) is 0 Å². The van der Waals surface area contributed by atoms with Crippen LogP contribution >= 0.6 is 0 Å². The van der Waals surface area contributed by atoms with Gasteiger partial charge in [0, 0.05) is 26.8 Å². The molecule has 0 fully saturated rings. The number of imidazole rings is 1. The molecule has 0 aliphatic carbocycles. The average molecular weight is 461 g/mol. The summed E-state index contributed by atoms with van der Waals surface area (Å²) in [4.78, 5) is 56.1. The van der Waals surface area contributed by atoms with Crippen molar-refractivity contribution in [3.8, 4) is 0 Å². The van der Waals surface area contributed by atoms with Crippen LogP contribution < -0.4 is 16.1 Å². The van der Waals surface area contributed by atoms with Crippen LogP contribution in [0.1, 0.15) is 20.7 Å². The second-order valence-electron chi connectivity index (χ2n) is 7.70. The Morgan fingerprint density at radius 2 is 1.59 bits per heavy atom. The Morgan fingerprint density at radius 3 is 2.29 bits per heavy atom. The van der Waals surface area contributed by atoms with Gasteiger partial charge in [-0.1, -0.05) is 30.3 Å². The quantitative estimate of drug-likeness (QED) is 0.403. The summed E-state index contributed by atoms with van der Waals surface area (Å²) in [7, 11) is 4.56. The van der Waals surface area contributed by atoms with Gasteiger partial charge in [-0.3, -0.25) is 18.7 Å². The van der Waals surface area contributed by atoms with Crippen molar-refractivity contribution in [2.24, 2.45) is 14.1 Å². The van der Waals surface area contributed by atoms with Crippen LogP contribution in [0.15, 0.2) is 70.5 Å². The molecule has 4 aromatic rings. The number of fused-ring (bicyclic) bond motifs is 1. The largest absolute Gasteiger partial charge is 0.460 e. The molecule has 0 spiro atoms. The highest BCUT2D eigenvalue weighted by molar-refractivity contribution is 6.11. The molecule has 0 saturated heterocycles. The number of carbonyl (C=O) groups excluding carboxylic acids is 2. The van der Waals surface area contributed by atoms with E-state index in [0.717, 1.165) is 4.57 Å². The summed E-state index contributed by atoms with van der Waals surface area (Å²) in [6.07, 6.45) is 1.42. The van der Waals surface area contributed by atoms with Gasteiger partial charge in [0.2, 0.25) is 0 Å². The average Bonchev–Trinajstić information content (AvgIpc) is 3.29. The smallest absolute Gasteiger partial charge is 0.339 e. The SMILES string of the molecule is CN(C(=O)c1ccccc1C(=O)OCCn1cnc2c1c(=O)n(C)c(=O)n2C)c1ccccc1. The first-order valence-corrected chi connectivity index (χ1v) is 10.5. The molecule has 10 nitrogen and oxygen atoms in total. The molecule has 0 radical (unpaired) electrons. The lowest BCUT2D eigenvalue weighted by Gasteiger charge is -2.18. The summed E-state index contributed by atoms with van der Waals surface area (Å²) in [6, 6.07) is 15.5. The maximum absolute atomic E-state index is 13.0. The van der Waals surface area contributed by atoms with Crippen LogP contribution in [0.2, 0.25) is 0 Å². The molecule has 34 heavy (non-hydrogen) atoms. The Morgan fingerprint density at radius 1 is 0.941 bits per heavy atom. The molecule has 4 rings (SSSR count). The summed E-state index contributed by atoms with van der Waals surface area (Å²) in [5, 5.41) is 0. The highest BCUT2D eigenvalue weighted by Crippen LogP contribution is 2.18. The van der Waals surface area contributed by atoms with Gasteiger partial charge in [-0.25, -0.2) is 14.6 Å². The molecule has 2 heterocycles. The number of hydrogen-bond donors (Lipinski definition) is 0.